The van der Waals surface area contributed by atoms with E-state index in [9.17, 15) is 0 Å². The Kier molecular flexibility index (Phi) is 3.53. The second-order valence-corrected chi connectivity index (χ2v) is 4.31. The molecule has 0 bridgehead atoms. The Bertz CT molecular complexity index is 116. The van der Waals surface area contributed by atoms with Crippen molar-refractivity contribution in [1.29, 1.82) is 0 Å². The molecule has 0 aromatic carbocycles. The molecule has 2 saturated carbocycles. The smallest absolute Gasteiger partial charge is 0.0461 e. The van der Waals surface area contributed by atoms with E-state index in [1.807, 2.05) is 0 Å². The fraction of sp³-hybridized carbons (Fsp3) is 1.00. The highest BCUT2D eigenvalue weighted by molar-refractivity contribution is 4.81. The van der Waals surface area contributed by atoms with Gasteiger partial charge >= 0.3 is 0 Å². The molecule has 0 aromatic heterocycles. The second kappa shape index (κ2) is 4.24. The van der Waals surface area contributed by atoms with E-state index in [4.69, 9.17) is 10.2 Å². The van der Waals surface area contributed by atoms with Crippen molar-refractivity contribution in [3.8, 4) is 0 Å². The SMILES string of the molecule is C[C@@H]1C[C@@H]1CO.C[C@H]1C[C@H]1CO. The summed E-state index contributed by atoms with van der Waals surface area (Å²) in [7, 11) is 0. The van der Waals surface area contributed by atoms with Crippen LogP contribution in [-0.2, 0) is 0 Å². The third-order valence-corrected chi connectivity index (χ3v) is 3.02. The Hall–Kier alpha value is -0.0800. The molecule has 0 saturated heterocycles. The van der Waals surface area contributed by atoms with Crippen LogP contribution in [0.5, 0.6) is 0 Å². The molecule has 0 spiro atoms. The predicted octanol–water partition coefficient (Wildman–Crippen LogP) is 1.27. The maximum absolute atomic E-state index is 8.38. The number of hydrogen-bond donors (Lipinski definition) is 2. The molecule has 0 unspecified atom stereocenters. The summed E-state index contributed by atoms with van der Waals surface area (Å²) in [5.74, 6) is 2.94. The van der Waals surface area contributed by atoms with Gasteiger partial charge in [-0.3, -0.25) is 0 Å². The average molecular weight is 172 g/mol. The van der Waals surface area contributed by atoms with Gasteiger partial charge in [0.1, 0.15) is 0 Å². The van der Waals surface area contributed by atoms with Gasteiger partial charge in [-0.1, -0.05) is 13.8 Å². The van der Waals surface area contributed by atoms with Gasteiger partial charge in [-0.2, -0.15) is 0 Å². The number of aliphatic hydroxyl groups excluding tert-OH is 2. The number of rotatable bonds is 2. The number of aliphatic hydroxyl groups is 2. The Balaban J connectivity index is 0.000000120. The van der Waals surface area contributed by atoms with Crippen LogP contribution >= 0.6 is 0 Å². The van der Waals surface area contributed by atoms with E-state index < -0.39 is 0 Å². The van der Waals surface area contributed by atoms with Gasteiger partial charge in [-0.05, 0) is 36.5 Å². The summed E-state index contributed by atoms with van der Waals surface area (Å²) >= 11 is 0. The molecule has 2 rings (SSSR count). The van der Waals surface area contributed by atoms with Crippen LogP contribution in [0.3, 0.4) is 0 Å². The fourth-order valence-electron chi connectivity index (χ4n) is 1.31. The van der Waals surface area contributed by atoms with Crippen LogP contribution in [0.4, 0.5) is 0 Å². The zero-order chi connectivity index (χ0) is 9.14. The molecular weight excluding hydrogens is 152 g/mol. The lowest BCUT2D eigenvalue weighted by atomic mass is 10.4. The molecule has 2 N–H and O–H groups in total. The van der Waals surface area contributed by atoms with E-state index in [2.05, 4.69) is 13.8 Å². The van der Waals surface area contributed by atoms with Gasteiger partial charge < -0.3 is 10.2 Å². The van der Waals surface area contributed by atoms with Crippen LogP contribution in [0.15, 0.2) is 0 Å². The summed E-state index contributed by atoms with van der Waals surface area (Å²) in [4.78, 5) is 0. The van der Waals surface area contributed by atoms with E-state index in [-0.39, 0.29) is 0 Å². The van der Waals surface area contributed by atoms with E-state index in [1.54, 1.807) is 0 Å². The molecule has 72 valence electrons. The van der Waals surface area contributed by atoms with Crippen LogP contribution in [-0.4, -0.2) is 23.4 Å². The quantitative estimate of drug-likeness (QED) is 0.658. The van der Waals surface area contributed by atoms with Crippen molar-refractivity contribution in [1.82, 2.24) is 0 Å². The van der Waals surface area contributed by atoms with Crippen LogP contribution in [0, 0.1) is 23.7 Å². The summed E-state index contributed by atoms with van der Waals surface area (Å²) in [5.41, 5.74) is 0. The van der Waals surface area contributed by atoms with Crippen molar-refractivity contribution in [3.05, 3.63) is 0 Å². The Morgan fingerprint density at radius 1 is 0.917 bits per heavy atom. The third-order valence-electron chi connectivity index (χ3n) is 3.02. The highest BCUT2D eigenvalue weighted by Gasteiger charge is 2.31. The first-order chi connectivity index (χ1) is 5.69. The molecule has 0 radical (unpaired) electrons. The van der Waals surface area contributed by atoms with E-state index in [0.717, 1.165) is 11.8 Å². The summed E-state index contributed by atoms with van der Waals surface area (Å²) in [6.45, 7) is 5.14. The molecule has 4 atom stereocenters. The van der Waals surface area contributed by atoms with Crippen molar-refractivity contribution >= 4 is 0 Å². The van der Waals surface area contributed by atoms with E-state index >= 15 is 0 Å². The summed E-state index contributed by atoms with van der Waals surface area (Å²) in [6.07, 6.45) is 2.49. The molecule has 0 amide bonds. The Labute approximate surface area is 74.6 Å². The largest absolute Gasteiger partial charge is 0.396 e. The molecule has 2 fully saturated rings. The highest BCUT2D eigenvalue weighted by atomic mass is 16.3. The Morgan fingerprint density at radius 3 is 1.17 bits per heavy atom. The molecule has 2 heteroatoms. The Morgan fingerprint density at radius 2 is 1.17 bits per heavy atom. The first-order valence-electron chi connectivity index (χ1n) is 4.90. The average Bonchev–Trinajstić information content (AvgIpc) is 2.92. The van der Waals surface area contributed by atoms with Gasteiger partial charge in [-0.15, -0.1) is 0 Å². The zero-order valence-corrected chi connectivity index (χ0v) is 8.03. The zero-order valence-electron chi connectivity index (χ0n) is 8.03. The molecule has 0 heterocycles. The lowest BCUT2D eigenvalue weighted by molar-refractivity contribution is 0.270. The van der Waals surface area contributed by atoms with Crippen molar-refractivity contribution in [2.75, 3.05) is 13.2 Å². The molecule has 0 aliphatic heterocycles. The van der Waals surface area contributed by atoms with Gasteiger partial charge in [0.2, 0.25) is 0 Å². The lowest BCUT2D eigenvalue weighted by Gasteiger charge is -1.79. The topological polar surface area (TPSA) is 40.5 Å². The minimum absolute atomic E-state index is 0.404. The monoisotopic (exact) mass is 172 g/mol. The van der Waals surface area contributed by atoms with Gasteiger partial charge in [0.05, 0.1) is 0 Å². The normalized spacial score (nSPS) is 43.0. The maximum atomic E-state index is 8.38. The second-order valence-electron chi connectivity index (χ2n) is 4.31. The van der Waals surface area contributed by atoms with Crippen molar-refractivity contribution in [2.24, 2.45) is 23.7 Å². The number of hydrogen-bond acceptors (Lipinski definition) is 2. The molecule has 2 nitrogen and oxygen atoms in total. The van der Waals surface area contributed by atoms with Crippen molar-refractivity contribution in [3.63, 3.8) is 0 Å². The first-order valence-corrected chi connectivity index (χ1v) is 4.90. The van der Waals surface area contributed by atoms with Gasteiger partial charge in [-0.25, -0.2) is 0 Å². The lowest BCUT2D eigenvalue weighted by Crippen LogP contribution is -1.83. The van der Waals surface area contributed by atoms with E-state index in [1.165, 1.54) is 12.8 Å². The van der Waals surface area contributed by atoms with Gasteiger partial charge in [0, 0.05) is 13.2 Å². The standard InChI is InChI=1S/2C5H10O/c2*1-4-2-5(4)3-6/h2*4-6H,2-3H2,1H3/t2*4-,5-/m10/s1. The summed E-state index contributed by atoms with van der Waals surface area (Å²) in [5, 5.41) is 16.8. The summed E-state index contributed by atoms with van der Waals surface area (Å²) in [6, 6.07) is 0. The highest BCUT2D eigenvalue weighted by Crippen LogP contribution is 2.36. The van der Waals surface area contributed by atoms with Crippen LogP contribution in [0.25, 0.3) is 0 Å². The first kappa shape index (κ1) is 10.0. The van der Waals surface area contributed by atoms with E-state index in [0.29, 0.717) is 25.0 Å². The molecule has 0 aromatic rings. The molecule has 12 heavy (non-hydrogen) atoms. The molecule has 2 aliphatic carbocycles. The van der Waals surface area contributed by atoms with Crippen LogP contribution in [0.2, 0.25) is 0 Å². The third kappa shape index (κ3) is 3.11. The van der Waals surface area contributed by atoms with Gasteiger partial charge in [0.25, 0.3) is 0 Å². The van der Waals surface area contributed by atoms with Crippen molar-refractivity contribution in [2.45, 2.75) is 26.7 Å². The fourth-order valence-corrected chi connectivity index (χ4v) is 1.31. The van der Waals surface area contributed by atoms with Crippen LogP contribution in [0.1, 0.15) is 26.7 Å². The molecule has 2 aliphatic rings. The summed E-state index contributed by atoms with van der Waals surface area (Å²) < 4.78 is 0. The van der Waals surface area contributed by atoms with Gasteiger partial charge in [0.15, 0.2) is 0 Å². The van der Waals surface area contributed by atoms with Crippen molar-refractivity contribution < 1.29 is 10.2 Å². The minimum Gasteiger partial charge on any atom is -0.396 e. The molecular formula is C10H20O2. The van der Waals surface area contributed by atoms with Crippen LogP contribution < -0.4 is 0 Å². The minimum atomic E-state index is 0.404. The maximum Gasteiger partial charge on any atom is 0.0461 e. The predicted molar refractivity (Wildman–Crippen MR) is 48.7 cm³/mol.